The minimum atomic E-state index is -0.861. The Labute approximate surface area is 189 Å². The molecule has 0 saturated heterocycles. The van der Waals surface area contributed by atoms with Crippen molar-refractivity contribution in [1.82, 2.24) is 4.98 Å². The molecular formula is C25H14F2N2O3S. The number of aryl methyl sites for hydroxylation is 1. The summed E-state index contributed by atoms with van der Waals surface area (Å²) in [7, 11) is 0. The van der Waals surface area contributed by atoms with Crippen LogP contribution in [-0.2, 0) is 0 Å². The van der Waals surface area contributed by atoms with Gasteiger partial charge in [0, 0.05) is 0 Å². The second kappa shape index (κ2) is 7.05. The molecule has 3 aromatic carbocycles. The Bertz CT molecular complexity index is 1660. The summed E-state index contributed by atoms with van der Waals surface area (Å²) in [6.45, 7) is 1.86. The monoisotopic (exact) mass is 460 g/mol. The summed E-state index contributed by atoms with van der Waals surface area (Å²) in [5, 5.41) is 0.655. The molecule has 2 aromatic heterocycles. The van der Waals surface area contributed by atoms with Gasteiger partial charge >= 0.3 is 0 Å². The Balaban J connectivity index is 1.64. The Kier molecular flexibility index (Phi) is 4.22. The fraction of sp³-hybridized carbons (Fsp3) is 0.0800. The Morgan fingerprint density at radius 3 is 2.52 bits per heavy atom. The van der Waals surface area contributed by atoms with Crippen LogP contribution < -0.4 is 10.3 Å². The molecule has 0 saturated carbocycles. The van der Waals surface area contributed by atoms with Crippen molar-refractivity contribution in [1.29, 1.82) is 0 Å². The standard InChI is InChI=1S/C25H14F2N2O3S/c1-12-2-9-18-16(10-12)22(30)20-21(13-3-5-14(26)6-4-13)29(24(31)23(20)32-18)25-28-17-8-7-15(27)11-19(17)33-25/h2-11,21H,1H3/t21-/m0/s1. The summed E-state index contributed by atoms with van der Waals surface area (Å²) in [4.78, 5) is 33.0. The highest BCUT2D eigenvalue weighted by atomic mass is 32.1. The van der Waals surface area contributed by atoms with E-state index in [0.717, 1.165) is 16.9 Å². The van der Waals surface area contributed by atoms with Crippen LogP contribution >= 0.6 is 11.3 Å². The van der Waals surface area contributed by atoms with Gasteiger partial charge in [-0.1, -0.05) is 35.1 Å². The molecule has 0 unspecified atom stereocenters. The van der Waals surface area contributed by atoms with Gasteiger partial charge in [0.2, 0.25) is 5.76 Å². The lowest BCUT2D eigenvalue weighted by atomic mass is 9.98. The van der Waals surface area contributed by atoms with E-state index in [-0.39, 0.29) is 16.8 Å². The third-order valence-corrected chi connectivity index (χ3v) is 6.77. The van der Waals surface area contributed by atoms with Crippen LogP contribution in [0.1, 0.15) is 33.3 Å². The van der Waals surface area contributed by atoms with Crippen molar-refractivity contribution in [2.45, 2.75) is 13.0 Å². The zero-order valence-electron chi connectivity index (χ0n) is 17.1. The highest BCUT2D eigenvalue weighted by Crippen LogP contribution is 2.43. The summed E-state index contributed by atoms with van der Waals surface area (Å²) in [6.07, 6.45) is 0. The number of aromatic nitrogens is 1. The number of anilines is 1. The molecule has 5 nitrogen and oxygen atoms in total. The van der Waals surface area contributed by atoms with Crippen LogP contribution in [-0.4, -0.2) is 10.9 Å². The van der Waals surface area contributed by atoms with Gasteiger partial charge in [-0.15, -0.1) is 0 Å². The summed E-state index contributed by atoms with van der Waals surface area (Å²) >= 11 is 1.13. The van der Waals surface area contributed by atoms with Gasteiger partial charge in [0.1, 0.15) is 17.2 Å². The van der Waals surface area contributed by atoms with Crippen molar-refractivity contribution >= 4 is 43.6 Å². The molecule has 162 valence electrons. The van der Waals surface area contributed by atoms with Gasteiger partial charge in [0.15, 0.2) is 10.6 Å². The molecule has 1 aliphatic heterocycles. The normalized spacial score (nSPS) is 15.5. The van der Waals surface area contributed by atoms with Gasteiger partial charge in [-0.25, -0.2) is 13.8 Å². The summed E-state index contributed by atoms with van der Waals surface area (Å²) in [5.41, 5.74) is 2.10. The number of nitrogens with zero attached hydrogens (tertiary/aromatic N) is 2. The van der Waals surface area contributed by atoms with Crippen molar-refractivity contribution in [2.24, 2.45) is 0 Å². The van der Waals surface area contributed by atoms with Gasteiger partial charge in [0.25, 0.3) is 5.91 Å². The van der Waals surface area contributed by atoms with Crippen molar-refractivity contribution in [2.75, 3.05) is 4.90 Å². The number of carbonyl (C=O) groups excluding carboxylic acids is 1. The Hall–Kier alpha value is -3.91. The fourth-order valence-electron chi connectivity index (χ4n) is 4.23. The Morgan fingerprint density at radius 1 is 0.970 bits per heavy atom. The van der Waals surface area contributed by atoms with E-state index in [1.54, 1.807) is 18.2 Å². The number of benzene rings is 3. The first-order chi connectivity index (χ1) is 15.9. The summed E-state index contributed by atoms with van der Waals surface area (Å²) < 4.78 is 33.9. The van der Waals surface area contributed by atoms with Gasteiger partial charge in [0.05, 0.1) is 27.2 Å². The first-order valence-electron chi connectivity index (χ1n) is 10.1. The van der Waals surface area contributed by atoms with Crippen LogP contribution in [0.25, 0.3) is 21.2 Å². The van der Waals surface area contributed by atoms with Gasteiger partial charge in [-0.2, -0.15) is 0 Å². The first-order valence-corrected chi connectivity index (χ1v) is 10.9. The van der Waals surface area contributed by atoms with E-state index in [4.69, 9.17) is 4.42 Å². The molecule has 8 heteroatoms. The van der Waals surface area contributed by atoms with Crippen molar-refractivity contribution < 1.29 is 18.0 Å². The number of hydrogen-bond acceptors (Lipinski definition) is 5. The molecule has 0 aliphatic carbocycles. The predicted molar refractivity (Wildman–Crippen MR) is 122 cm³/mol. The van der Waals surface area contributed by atoms with Crippen LogP contribution in [0.5, 0.6) is 0 Å². The molecule has 33 heavy (non-hydrogen) atoms. The SMILES string of the molecule is Cc1ccc2oc3c(c(=O)c2c1)[C@H](c1ccc(F)cc1)N(c1nc2ccc(F)cc2s1)C3=O. The van der Waals surface area contributed by atoms with E-state index in [9.17, 15) is 18.4 Å². The molecule has 1 amide bonds. The molecule has 0 radical (unpaired) electrons. The average molecular weight is 460 g/mol. The summed E-state index contributed by atoms with van der Waals surface area (Å²) in [5.74, 6) is -1.46. The molecule has 0 spiro atoms. The lowest BCUT2D eigenvalue weighted by Gasteiger charge is -2.22. The lowest BCUT2D eigenvalue weighted by Crippen LogP contribution is -2.29. The molecule has 6 rings (SSSR count). The Morgan fingerprint density at radius 2 is 1.73 bits per heavy atom. The number of thiazole rings is 1. The lowest BCUT2D eigenvalue weighted by molar-refractivity contribution is 0.0971. The largest absolute Gasteiger partial charge is 0.450 e. The molecule has 1 aliphatic rings. The van der Waals surface area contributed by atoms with E-state index < -0.39 is 23.6 Å². The average Bonchev–Trinajstić information content (AvgIpc) is 3.33. The quantitative estimate of drug-likeness (QED) is 0.337. The van der Waals surface area contributed by atoms with Gasteiger partial charge in [-0.05, 0) is 55.0 Å². The minimum Gasteiger partial charge on any atom is -0.450 e. The molecule has 0 bridgehead atoms. The van der Waals surface area contributed by atoms with E-state index >= 15 is 0 Å². The minimum absolute atomic E-state index is 0.0730. The zero-order valence-corrected chi connectivity index (χ0v) is 18.0. The van der Waals surface area contributed by atoms with Crippen molar-refractivity contribution in [3.8, 4) is 0 Å². The van der Waals surface area contributed by atoms with Crippen LogP contribution in [0.3, 0.4) is 0 Å². The van der Waals surface area contributed by atoms with Crippen LogP contribution in [0.4, 0.5) is 13.9 Å². The third-order valence-electron chi connectivity index (χ3n) is 5.76. The molecular weight excluding hydrogens is 446 g/mol. The molecule has 0 fully saturated rings. The number of rotatable bonds is 2. The predicted octanol–water partition coefficient (Wildman–Crippen LogP) is 5.74. The van der Waals surface area contributed by atoms with E-state index in [1.165, 1.54) is 47.4 Å². The second-order valence-electron chi connectivity index (χ2n) is 7.91. The highest BCUT2D eigenvalue weighted by molar-refractivity contribution is 7.22. The maximum absolute atomic E-state index is 13.7. The van der Waals surface area contributed by atoms with Crippen LogP contribution in [0, 0.1) is 18.6 Å². The zero-order chi connectivity index (χ0) is 22.9. The van der Waals surface area contributed by atoms with Crippen LogP contribution in [0.2, 0.25) is 0 Å². The molecule has 1 atom stereocenters. The van der Waals surface area contributed by atoms with Crippen molar-refractivity contribution in [3.63, 3.8) is 0 Å². The fourth-order valence-corrected chi connectivity index (χ4v) is 5.25. The van der Waals surface area contributed by atoms with E-state index in [1.807, 2.05) is 6.92 Å². The molecule has 0 N–H and O–H groups in total. The number of amides is 1. The number of carbonyl (C=O) groups is 1. The van der Waals surface area contributed by atoms with E-state index in [2.05, 4.69) is 4.98 Å². The summed E-state index contributed by atoms with van der Waals surface area (Å²) in [6, 6.07) is 14.1. The highest BCUT2D eigenvalue weighted by Gasteiger charge is 2.45. The smallest absolute Gasteiger partial charge is 0.297 e. The van der Waals surface area contributed by atoms with Crippen LogP contribution in [0.15, 0.2) is 69.9 Å². The third kappa shape index (κ3) is 2.98. The molecule has 3 heterocycles. The topological polar surface area (TPSA) is 63.4 Å². The number of fused-ring (bicyclic) bond motifs is 3. The number of hydrogen-bond donors (Lipinski definition) is 0. The second-order valence-corrected chi connectivity index (χ2v) is 8.92. The van der Waals surface area contributed by atoms with Crippen molar-refractivity contribution in [3.05, 3.63) is 105 Å². The maximum Gasteiger partial charge on any atom is 0.297 e. The number of halogens is 2. The maximum atomic E-state index is 13.7. The van der Waals surface area contributed by atoms with E-state index in [0.29, 0.717) is 31.9 Å². The molecule has 5 aromatic rings. The van der Waals surface area contributed by atoms with Gasteiger partial charge < -0.3 is 4.42 Å². The van der Waals surface area contributed by atoms with Gasteiger partial charge in [-0.3, -0.25) is 14.5 Å². The first kappa shape index (κ1) is 19.8.